The molecule has 0 aliphatic rings. The molecule has 0 N–H and O–H groups in total. The number of rotatable bonds is 16. The lowest BCUT2D eigenvalue weighted by molar-refractivity contribution is 0.0827. The number of carbonyl (C=O) groups excluding carboxylic acids is 2. The largest absolute Gasteiger partial charge is 0.460 e. The van der Waals surface area contributed by atoms with Crippen LogP contribution in [-0.4, -0.2) is 55.2 Å². The van der Waals surface area contributed by atoms with E-state index in [1.165, 1.54) is 44.3 Å². The Balaban J connectivity index is 1.78. The summed E-state index contributed by atoms with van der Waals surface area (Å²) in [5, 5.41) is 0.720. The van der Waals surface area contributed by atoms with Gasteiger partial charge in [0.15, 0.2) is 5.78 Å². The average molecular weight is 519 g/mol. The predicted molar refractivity (Wildman–Crippen MR) is 157 cm³/mol. The molecular formula is C33H46N2O3. The van der Waals surface area contributed by atoms with Crippen LogP contribution < -0.4 is 0 Å². The van der Waals surface area contributed by atoms with E-state index in [2.05, 4.69) is 37.8 Å². The van der Waals surface area contributed by atoms with Crippen LogP contribution in [-0.2, 0) is 12.8 Å². The van der Waals surface area contributed by atoms with Gasteiger partial charge in [0.2, 0.25) is 0 Å². The summed E-state index contributed by atoms with van der Waals surface area (Å²) >= 11 is 0. The van der Waals surface area contributed by atoms with Crippen LogP contribution >= 0.6 is 0 Å². The van der Waals surface area contributed by atoms with Gasteiger partial charge in [0.1, 0.15) is 11.3 Å². The first-order valence-corrected chi connectivity index (χ1v) is 14.5. The van der Waals surface area contributed by atoms with Crippen molar-refractivity contribution in [3.05, 3.63) is 70.5 Å². The van der Waals surface area contributed by atoms with Crippen LogP contribution in [0.2, 0.25) is 0 Å². The van der Waals surface area contributed by atoms with Crippen LogP contribution in [0.5, 0.6) is 0 Å². The van der Waals surface area contributed by atoms with Gasteiger partial charge in [0.05, 0.1) is 5.56 Å². The molecule has 0 spiro atoms. The fourth-order valence-corrected chi connectivity index (χ4v) is 4.87. The van der Waals surface area contributed by atoms with E-state index < -0.39 is 0 Å². The quantitative estimate of drug-likeness (QED) is 0.184. The molecule has 0 saturated carbocycles. The Bertz CT molecular complexity index is 1170. The zero-order chi connectivity index (χ0) is 27.5. The third-order valence-corrected chi connectivity index (χ3v) is 7.21. The number of unbranched alkanes of at least 4 members (excludes halogenated alkanes) is 3. The molecular weight excluding hydrogens is 472 g/mol. The summed E-state index contributed by atoms with van der Waals surface area (Å²) < 4.78 is 6.14. The van der Waals surface area contributed by atoms with E-state index >= 15 is 0 Å². The van der Waals surface area contributed by atoms with E-state index in [0.717, 1.165) is 37.6 Å². The number of hydrogen-bond donors (Lipinski definition) is 0. The normalized spacial score (nSPS) is 11.4. The van der Waals surface area contributed by atoms with Gasteiger partial charge in [-0.3, -0.25) is 9.59 Å². The number of aryl methyl sites for hydroxylation is 2. The number of hydrogen-bond acceptors (Lipinski definition) is 4. The highest BCUT2D eigenvalue weighted by Crippen LogP contribution is 2.31. The highest BCUT2D eigenvalue weighted by molar-refractivity contribution is 6.17. The van der Waals surface area contributed by atoms with Gasteiger partial charge in [-0.2, -0.15) is 0 Å². The smallest absolute Gasteiger partial charge is 0.253 e. The number of fused-ring (bicyclic) bond motifs is 1. The first kappa shape index (κ1) is 29.6. The third-order valence-electron chi connectivity index (χ3n) is 7.21. The Kier molecular flexibility index (Phi) is 11.6. The van der Waals surface area contributed by atoms with E-state index in [1.54, 1.807) is 31.1 Å². The molecule has 0 atom stereocenters. The molecule has 2 aromatic carbocycles. The predicted octanol–water partition coefficient (Wildman–Crippen LogP) is 7.54. The van der Waals surface area contributed by atoms with Crippen molar-refractivity contribution in [3.63, 3.8) is 0 Å². The topological polar surface area (TPSA) is 53.8 Å². The van der Waals surface area contributed by atoms with Crippen LogP contribution in [0.15, 0.2) is 46.9 Å². The highest BCUT2D eigenvalue weighted by atomic mass is 16.3. The summed E-state index contributed by atoms with van der Waals surface area (Å²) in [5.41, 5.74) is 3.72. The number of carbonyl (C=O) groups is 2. The zero-order valence-electron chi connectivity index (χ0n) is 24.1. The van der Waals surface area contributed by atoms with E-state index in [4.69, 9.17) is 4.42 Å². The van der Waals surface area contributed by atoms with Crippen LogP contribution in [0.3, 0.4) is 0 Å². The molecule has 38 heavy (non-hydrogen) atoms. The van der Waals surface area contributed by atoms with E-state index in [0.29, 0.717) is 34.5 Å². The third kappa shape index (κ3) is 7.80. The SMILES string of the molecule is CCCCc1oc2ccc(C(=O)N(C)C)cc2c1C(=O)c1ccc(CCCN(CCCC)CCCC)cc1. The second-order valence-electron chi connectivity index (χ2n) is 10.6. The lowest BCUT2D eigenvalue weighted by Gasteiger charge is -2.21. The van der Waals surface area contributed by atoms with Crippen molar-refractivity contribution >= 4 is 22.7 Å². The number of benzene rings is 2. The van der Waals surface area contributed by atoms with Crippen molar-refractivity contribution in [2.24, 2.45) is 0 Å². The minimum absolute atomic E-state index is 0.0406. The van der Waals surface area contributed by atoms with Crippen molar-refractivity contribution in [1.29, 1.82) is 0 Å². The van der Waals surface area contributed by atoms with E-state index in [9.17, 15) is 9.59 Å². The van der Waals surface area contributed by atoms with Crippen molar-refractivity contribution in [3.8, 4) is 0 Å². The van der Waals surface area contributed by atoms with Crippen molar-refractivity contribution in [2.75, 3.05) is 33.7 Å². The standard InChI is InChI=1S/C33H46N2O3/c1-6-9-14-30-31(28-24-27(33(37)34(4)5)19-20-29(28)38-30)32(36)26-17-15-25(16-18-26)13-12-23-35(21-10-7-2)22-11-8-3/h15-20,24H,6-14,21-23H2,1-5H3. The average Bonchev–Trinajstić information content (AvgIpc) is 3.29. The van der Waals surface area contributed by atoms with Crippen molar-refractivity contribution < 1.29 is 14.0 Å². The van der Waals surface area contributed by atoms with Crippen LogP contribution in [0.1, 0.15) is 103 Å². The summed E-state index contributed by atoms with van der Waals surface area (Å²) in [5.74, 6) is 0.583. The van der Waals surface area contributed by atoms with Crippen LogP contribution in [0, 0.1) is 0 Å². The minimum Gasteiger partial charge on any atom is -0.460 e. The molecule has 0 aliphatic carbocycles. The molecule has 1 amide bonds. The molecule has 1 heterocycles. The fourth-order valence-electron chi connectivity index (χ4n) is 4.87. The number of ketones is 1. The Morgan fingerprint density at radius 2 is 1.34 bits per heavy atom. The molecule has 0 radical (unpaired) electrons. The Morgan fingerprint density at radius 3 is 1.95 bits per heavy atom. The zero-order valence-corrected chi connectivity index (χ0v) is 24.1. The van der Waals surface area contributed by atoms with Gasteiger partial charge < -0.3 is 14.2 Å². The minimum atomic E-state index is -0.0890. The van der Waals surface area contributed by atoms with Gasteiger partial charge >= 0.3 is 0 Å². The lowest BCUT2D eigenvalue weighted by atomic mass is 9.96. The van der Waals surface area contributed by atoms with Gasteiger partial charge in [-0.1, -0.05) is 64.3 Å². The molecule has 5 nitrogen and oxygen atoms in total. The number of amides is 1. The Hall–Kier alpha value is -2.92. The fraction of sp³-hybridized carbons (Fsp3) is 0.515. The molecule has 0 aliphatic heterocycles. The summed E-state index contributed by atoms with van der Waals surface area (Å²) in [7, 11) is 3.46. The lowest BCUT2D eigenvalue weighted by Crippen LogP contribution is -2.27. The van der Waals surface area contributed by atoms with E-state index in [-0.39, 0.29) is 11.7 Å². The van der Waals surface area contributed by atoms with Crippen LogP contribution in [0.25, 0.3) is 11.0 Å². The van der Waals surface area contributed by atoms with Gasteiger partial charge in [0.25, 0.3) is 5.91 Å². The summed E-state index contributed by atoms with van der Waals surface area (Å²) in [6, 6.07) is 13.5. The molecule has 5 heteroatoms. The second kappa shape index (κ2) is 14.9. The Morgan fingerprint density at radius 1 is 0.737 bits per heavy atom. The maximum Gasteiger partial charge on any atom is 0.253 e. The molecule has 0 unspecified atom stereocenters. The summed E-state index contributed by atoms with van der Waals surface area (Å²) in [6.45, 7) is 10.1. The van der Waals surface area contributed by atoms with Gasteiger partial charge in [-0.05, 0) is 75.5 Å². The molecule has 0 bridgehead atoms. The molecule has 3 rings (SSSR count). The first-order valence-electron chi connectivity index (χ1n) is 14.5. The second-order valence-corrected chi connectivity index (χ2v) is 10.6. The van der Waals surface area contributed by atoms with Crippen molar-refractivity contribution in [1.82, 2.24) is 9.80 Å². The molecule has 0 fully saturated rings. The molecule has 3 aromatic rings. The maximum atomic E-state index is 13.8. The summed E-state index contributed by atoms with van der Waals surface area (Å²) in [6.07, 6.45) is 9.77. The number of furan rings is 1. The van der Waals surface area contributed by atoms with Gasteiger partial charge in [0, 0.05) is 37.0 Å². The number of nitrogens with zero attached hydrogens (tertiary/aromatic N) is 2. The maximum absolute atomic E-state index is 13.8. The van der Waals surface area contributed by atoms with Crippen LogP contribution in [0.4, 0.5) is 0 Å². The van der Waals surface area contributed by atoms with Gasteiger partial charge in [-0.25, -0.2) is 0 Å². The van der Waals surface area contributed by atoms with E-state index in [1.807, 2.05) is 18.2 Å². The Labute approximate surface area is 229 Å². The first-order chi connectivity index (χ1) is 18.4. The van der Waals surface area contributed by atoms with Gasteiger partial charge in [-0.15, -0.1) is 0 Å². The molecule has 1 aromatic heterocycles. The molecule has 206 valence electrons. The monoisotopic (exact) mass is 518 g/mol. The molecule has 0 saturated heterocycles. The van der Waals surface area contributed by atoms with Crippen molar-refractivity contribution in [2.45, 2.75) is 78.6 Å². The highest BCUT2D eigenvalue weighted by Gasteiger charge is 2.23. The summed E-state index contributed by atoms with van der Waals surface area (Å²) in [4.78, 5) is 30.5.